The predicted molar refractivity (Wildman–Crippen MR) is 97.5 cm³/mol. The summed E-state index contributed by atoms with van der Waals surface area (Å²) in [7, 11) is 0. The molecule has 0 aliphatic heterocycles. The number of ether oxygens (including phenoxy) is 1. The highest BCUT2D eigenvalue weighted by Crippen LogP contribution is 2.14. The number of carbonyl (C=O) groups is 1. The number of amides is 1. The van der Waals surface area contributed by atoms with Gasteiger partial charge in [-0.15, -0.1) is 0 Å². The number of hydrogen-bond donors (Lipinski definition) is 1. The van der Waals surface area contributed by atoms with E-state index in [9.17, 15) is 4.79 Å². The van der Waals surface area contributed by atoms with Gasteiger partial charge in [-0.1, -0.05) is 30.7 Å². The van der Waals surface area contributed by atoms with Crippen LogP contribution in [0.4, 0.5) is 0 Å². The molecule has 22 heavy (non-hydrogen) atoms. The summed E-state index contributed by atoms with van der Waals surface area (Å²) in [5.74, 6) is 0.769. The molecule has 0 fully saturated rings. The summed E-state index contributed by atoms with van der Waals surface area (Å²) in [6.07, 6.45) is 1.02. The topological polar surface area (TPSA) is 38.3 Å². The van der Waals surface area contributed by atoms with Crippen molar-refractivity contribution < 1.29 is 9.53 Å². The molecule has 1 amide bonds. The summed E-state index contributed by atoms with van der Waals surface area (Å²) in [5, 5.41) is 2.88. The molecule has 1 N–H and O–H groups in total. The molecule has 0 saturated heterocycles. The maximum absolute atomic E-state index is 12.1. The van der Waals surface area contributed by atoms with Crippen molar-refractivity contribution in [2.24, 2.45) is 0 Å². The van der Waals surface area contributed by atoms with Gasteiger partial charge < -0.3 is 10.1 Å². The van der Waals surface area contributed by atoms with Crippen molar-refractivity contribution in [1.82, 2.24) is 5.32 Å². The van der Waals surface area contributed by atoms with Crippen LogP contribution in [0.5, 0.6) is 5.75 Å². The molecule has 0 atom stereocenters. The normalized spacial score (nSPS) is 10.3. The summed E-state index contributed by atoms with van der Waals surface area (Å²) < 4.78 is 6.59. The lowest BCUT2D eigenvalue weighted by Gasteiger charge is -2.09. The first-order chi connectivity index (χ1) is 10.6. The van der Waals surface area contributed by atoms with Crippen molar-refractivity contribution in [2.75, 3.05) is 13.2 Å². The van der Waals surface area contributed by atoms with Crippen LogP contribution < -0.4 is 10.1 Å². The average molecular weight is 409 g/mol. The molecule has 0 aliphatic rings. The minimum Gasteiger partial charge on any atom is -0.492 e. The molecular weight excluding hydrogens is 389 g/mol. The van der Waals surface area contributed by atoms with E-state index in [1.165, 1.54) is 5.56 Å². The van der Waals surface area contributed by atoms with E-state index in [0.717, 1.165) is 21.3 Å². The number of halogens is 1. The van der Waals surface area contributed by atoms with Crippen molar-refractivity contribution in [3.05, 3.63) is 62.7 Å². The molecule has 0 radical (unpaired) electrons. The van der Waals surface area contributed by atoms with Crippen LogP contribution in [-0.2, 0) is 6.42 Å². The number of benzene rings is 2. The van der Waals surface area contributed by atoms with Gasteiger partial charge in [-0.3, -0.25) is 4.79 Å². The van der Waals surface area contributed by atoms with Gasteiger partial charge in [0, 0.05) is 3.57 Å². The van der Waals surface area contributed by atoms with E-state index in [1.54, 1.807) is 0 Å². The summed E-state index contributed by atoms with van der Waals surface area (Å²) in [5.41, 5.74) is 3.15. The van der Waals surface area contributed by atoms with Gasteiger partial charge in [-0.25, -0.2) is 0 Å². The lowest BCUT2D eigenvalue weighted by atomic mass is 10.1. The molecule has 2 rings (SSSR count). The Morgan fingerprint density at radius 3 is 2.55 bits per heavy atom. The van der Waals surface area contributed by atoms with E-state index in [2.05, 4.69) is 47.0 Å². The van der Waals surface area contributed by atoms with E-state index in [0.29, 0.717) is 18.7 Å². The van der Waals surface area contributed by atoms with Gasteiger partial charge >= 0.3 is 0 Å². The molecule has 0 saturated carbocycles. The largest absolute Gasteiger partial charge is 0.492 e. The summed E-state index contributed by atoms with van der Waals surface area (Å²) in [6, 6.07) is 13.8. The fourth-order valence-electron chi connectivity index (χ4n) is 2.05. The summed E-state index contributed by atoms with van der Waals surface area (Å²) in [4.78, 5) is 12.1. The lowest BCUT2D eigenvalue weighted by molar-refractivity contribution is 0.0946. The van der Waals surface area contributed by atoms with Gasteiger partial charge in [-0.05, 0) is 65.8 Å². The van der Waals surface area contributed by atoms with E-state index < -0.39 is 0 Å². The van der Waals surface area contributed by atoms with Crippen molar-refractivity contribution in [2.45, 2.75) is 20.3 Å². The van der Waals surface area contributed by atoms with Crippen LogP contribution in [0.15, 0.2) is 42.5 Å². The van der Waals surface area contributed by atoms with Crippen LogP contribution in [-0.4, -0.2) is 19.1 Å². The average Bonchev–Trinajstić information content (AvgIpc) is 2.52. The first-order valence-electron chi connectivity index (χ1n) is 7.36. The highest BCUT2D eigenvalue weighted by molar-refractivity contribution is 14.1. The van der Waals surface area contributed by atoms with Crippen molar-refractivity contribution in [3.63, 3.8) is 0 Å². The Bertz CT molecular complexity index is 638. The van der Waals surface area contributed by atoms with Gasteiger partial charge in [0.15, 0.2) is 0 Å². The Morgan fingerprint density at radius 1 is 1.18 bits per heavy atom. The van der Waals surface area contributed by atoms with Crippen LogP contribution in [0, 0.1) is 10.5 Å². The molecule has 0 heterocycles. The van der Waals surface area contributed by atoms with Crippen molar-refractivity contribution in [1.29, 1.82) is 0 Å². The standard InChI is InChI=1S/C18H20INO2/c1-3-14-5-7-15(8-6-14)22-11-10-20-18(21)16-9-4-13(2)12-17(16)19/h4-9,12H,3,10-11H2,1-2H3,(H,20,21). The quantitative estimate of drug-likeness (QED) is 0.579. The van der Waals surface area contributed by atoms with E-state index in [1.807, 2.05) is 37.3 Å². The molecule has 116 valence electrons. The minimum atomic E-state index is -0.0608. The minimum absolute atomic E-state index is 0.0608. The van der Waals surface area contributed by atoms with Gasteiger partial charge in [0.1, 0.15) is 12.4 Å². The third-order valence-electron chi connectivity index (χ3n) is 3.36. The third kappa shape index (κ3) is 4.73. The second kappa shape index (κ2) is 8.17. The van der Waals surface area contributed by atoms with Crippen LogP contribution in [0.1, 0.15) is 28.4 Å². The SMILES string of the molecule is CCc1ccc(OCCNC(=O)c2ccc(C)cc2I)cc1. The first-order valence-corrected chi connectivity index (χ1v) is 8.44. The predicted octanol–water partition coefficient (Wildman–Crippen LogP) is 3.97. The summed E-state index contributed by atoms with van der Waals surface area (Å²) >= 11 is 2.19. The molecule has 0 bridgehead atoms. The highest BCUT2D eigenvalue weighted by atomic mass is 127. The Kier molecular flexibility index (Phi) is 6.24. The Balaban J connectivity index is 1.79. The van der Waals surface area contributed by atoms with Crippen LogP contribution >= 0.6 is 22.6 Å². The van der Waals surface area contributed by atoms with Gasteiger partial charge in [0.2, 0.25) is 0 Å². The second-order valence-electron chi connectivity index (χ2n) is 5.09. The molecule has 0 unspecified atom stereocenters. The van der Waals surface area contributed by atoms with Crippen molar-refractivity contribution in [3.8, 4) is 5.75 Å². The van der Waals surface area contributed by atoms with Gasteiger partial charge in [0.25, 0.3) is 5.91 Å². The molecule has 0 spiro atoms. The zero-order valence-corrected chi connectivity index (χ0v) is 15.0. The molecule has 4 heteroatoms. The Hall–Kier alpha value is -1.56. The molecule has 0 aliphatic carbocycles. The van der Waals surface area contributed by atoms with Crippen LogP contribution in [0.25, 0.3) is 0 Å². The first kappa shape index (κ1) is 16.8. The highest BCUT2D eigenvalue weighted by Gasteiger charge is 2.09. The van der Waals surface area contributed by atoms with E-state index in [4.69, 9.17) is 4.74 Å². The number of rotatable bonds is 6. The summed E-state index contributed by atoms with van der Waals surface area (Å²) in [6.45, 7) is 5.08. The van der Waals surface area contributed by atoms with Crippen LogP contribution in [0.2, 0.25) is 0 Å². The lowest BCUT2D eigenvalue weighted by Crippen LogP contribution is -2.28. The zero-order valence-electron chi connectivity index (χ0n) is 12.9. The molecule has 0 aromatic heterocycles. The van der Waals surface area contributed by atoms with Crippen LogP contribution in [0.3, 0.4) is 0 Å². The maximum Gasteiger partial charge on any atom is 0.252 e. The number of carbonyl (C=O) groups excluding carboxylic acids is 1. The third-order valence-corrected chi connectivity index (χ3v) is 4.25. The van der Waals surface area contributed by atoms with E-state index >= 15 is 0 Å². The molecule has 2 aromatic rings. The Labute approximate surface area is 145 Å². The van der Waals surface area contributed by atoms with E-state index in [-0.39, 0.29) is 5.91 Å². The Morgan fingerprint density at radius 2 is 1.91 bits per heavy atom. The van der Waals surface area contributed by atoms with Crippen molar-refractivity contribution >= 4 is 28.5 Å². The maximum atomic E-state index is 12.1. The zero-order chi connectivity index (χ0) is 15.9. The number of nitrogens with one attached hydrogen (secondary N) is 1. The molecule has 2 aromatic carbocycles. The molecular formula is C18H20INO2. The fourth-order valence-corrected chi connectivity index (χ4v) is 2.97. The number of aryl methyl sites for hydroxylation is 2. The van der Waals surface area contributed by atoms with Gasteiger partial charge in [0.05, 0.1) is 12.1 Å². The smallest absolute Gasteiger partial charge is 0.252 e. The fraction of sp³-hybridized carbons (Fsp3) is 0.278. The van der Waals surface area contributed by atoms with Gasteiger partial charge in [-0.2, -0.15) is 0 Å². The number of hydrogen-bond acceptors (Lipinski definition) is 2. The second-order valence-corrected chi connectivity index (χ2v) is 6.25. The monoisotopic (exact) mass is 409 g/mol. The molecule has 3 nitrogen and oxygen atoms in total.